The van der Waals surface area contributed by atoms with Crippen LogP contribution >= 0.6 is 0 Å². The maximum atomic E-state index is 10.0. The molecular weight excluding hydrogens is 312 g/mol. The van der Waals surface area contributed by atoms with Gasteiger partial charge < -0.3 is 5.11 Å². The van der Waals surface area contributed by atoms with Crippen LogP contribution in [0, 0.1) is 0 Å². The van der Waals surface area contributed by atoms with Crippen LogP contribution in [0.2, 0.25) is 39.3 Å². The monoisotopic (exact) mass is 340 g/mol. The Morgan fingerprint density at radius 2 is 1.52 bits per heavy atom. The lowest BCUT2D eigenvalue weighted by Gasteiger charge is -2.22. The summed E-state index contributed by atoms with van der Waals surface area (Å²) in [5, 5.41) is 13.0. The van der Waals surface area contributed by atoms with Crippen molar-refractivity contribution in [2.24, 2.45) is 0 Å². The zero-order valence-electron chi connectivity index (χ0n) is 15.2. The quantitative estimate of drug-likeness (QED) is 0.718. The van der Waals surface area contributed by atoms with Crippen LogP contribution in [0.25, 0.3) is 11.1 Å². The van der Waals surface area contributed by atoms with Crippen LogP contribution in [0.5, 0.6) is 0 Å². The average Bonchev–Trinajstić information content (AvgIpc) is 2.81. The van der Waals surface area contributed by atoms with E-state index >= 15 is 0 Å². The van der Waals surface area contributed by atoms with E-state index in [-0.39, 0.29) is 6.61 Å². The summed E-state index contributed by atoms with van der Waals surface area (Å²) in [7, 11) is -2.72. The molecule has 0 aliphatic heterocycles. The molecule has 0 saturated carbocycles. The van der Waals surface area contributed by atoms with Gasteiger partial charge in [-0.3, -0.25) is 0 Å². The molecule has 0 aromatic heterocycles. The Bertz CT molecular complexity index is 764. The Balaban J connectivity index is 2.15. The summed E-state index contributed by atoms with van der Waals surface area (Å²) in [6.45, 7) is 14.5. The standard InChI is InChI=1S/C20H28OSi2/c1-22(2,3)15-7-8-16-14(11-15)12-18-17(16)9-10-20(19(18)13-21)23(4,5)6/h7-11,21H,12-13H2,1-6H3. The van der Waals surface area contributed by atoms with Gasteiger partial charge in [-0.1, -0.05) is 80.0 Å². The van der Waals surface area contributed by atoms with Crippen LogP contribution in [-0.4, -0.2) is 21.3 Å². The van der Waals surface area contributed by atoms with Crippen molar-refractivity contribution in [2.75, 3.05) is 0 Å². The summed E-state index contributed by atoms with van der Waals surface area (Å²) in [6.07, 6.45) is 0.983. The molecule has 0 unspecified atom stereocenters. The Morgan fingerprint density at radius 3 is 2.09 bits per heavy atom. The second-order valence-corrected chi connectivity index (χ2v) is 18.9. The Labute approximate surface area is 142 Å². The highest BCUT2D eigenvalue weighted by Crippen LogP contribution is 2.38. The van der Waals surface area contributed by atoms with Crippen molar-refractivity contribution >= 4 is 26.5 Å². The Morgan fingerprint density at radius 1 is 0.870 bits per heavy atom. The Kier molecular flexibility index (Phi) is 3.94. The minimum atomic E-state index is -1.44. The molecule has 1 aliphatic rings. The first-order chi connectivity index (χ1) is 10.6. The third kappa shape index (κ3) is 2.86. The van der Waals surface area contributed by atoms with E-state index in [0.29, 0.717) is 0 Å². The highest BCUT2D eigenvalue weighted by atomic mass is 28.3. The molecule has 23 heavy (non-hydrogen) atoms. The predicted octanol–water partition coefficient (Wildman–Crippen LogP) is 3.84. The SMILES string of the molecule is C[Si](C)(C)c1ccc2c(c1)Cc1c-2ccc([Si](C)(C)C)c1CO. The van der Waals surface area contributed by atoms with E-state index in [4.69, 9.17) is 0 Å². The zero-order chi connectivity index (χ0) is 17.0. The first kappa shape index (κ1) is 16.7. The van der Waals surface area contributed by atoms with Crippen LogP contribution < -0.4 is 10.4 Å². The van der Waals surface area contributed by atoms with Gasteiger partial charge in [-0.2, -0.15) is 0 Å². The van der Waals surface area contributed by atoms with Crippen molar-refractivity contribution in [1.29, 1.82) is 0 Å². The van der Waals surface area contributed by atoms with Crippen LogP contribution in [-0.2, 0) is 13.0 Å². The largest absolute Gasteiger partial charge is 0.392 e. The average molecular weight is 341 g/mol. The molecule has 2 aromatic rings. The van der Waals surface area contributed by atoms with E-state index in [9.17, 15) is 5.11 Å². The summed E-state index contributed by atoms with van der Waals surface area (Å²) in [5.41, 5.74) is 6.73. The number of hydrogen-bond donors (Lipinski definition) is 1. The molecule has 0 atom stereocenters. The number of benzene rings is 2. The molecule has 1 nitrogen and oxygen atoms in total. The summed E-state index contributed by atoms with van der Waals surface area (Å²) >= 11 is 0. The summed E-state index contributed by atoms with van der Waals surface area (Å²) in [5.74, 6) is 0. The minimum absolute atomic E-state index is 0.164. The van der Waals surface area contributed by atoms with Gasteiger partial charge in [0, 0.05) is 0 Å². The molecule has 0 fully saturated rings. The molecule has 0 saturated heterocycles. The lowest BCUT2D eigenvalue weighted by molar-refractivity contribution is 0.282. The van der Waals surface area contributed by atoms with Crippen molar-refractivity contribution in [1.82, 2.24) is 0 Å². The van der Waals surface area contributed by atoms with Gasteiger partial charge in [0.1, 0.15) is 0 Å². The predicted molar refractivity (Wildman–Crippen MR) is 107 cm³/mol. The lowest BCUT2D eigenvalue weighted by Crippen LogP contribution is -2.40. The van der Waals surface area contributed by atoms with Gasteiger partial charge in [0.05, 0.1) is 22.8 Å². The number of aliphatic hydroxyl groups excluding tert-OH is 1. The smallest absolute Gasteiger partial charge is 0.0780 e. The van der Waals surface area contributed by atoms with Gasteiger partial charge in [0.25, 0.3) is 0 Å². The van der Waals surface area contributed by atoms with Crippen molar-refractivity contribution in [3.8, 4) is 11.1 Å². The molecule has 1 N–H and O–H groups in total. The van der Waals surface area contributed by atoms with Gasteiger partial charge in [0.2, 0.25) is 0 Å². The van der Waals surface area contributed by atoms with Crippen molar-refractivity contribution in [3.63, 3.8) is 0 Å². The molecule has 0 bridgehead atoms. The minimum Gasteiger partial charge on any atom is -0.392 e. The first-order valence-electron chi connectivity index (χ1n) is 8.53. The van der Waals surface area contributed by atoms with E-state index in [2.05, 4.69) is 69.6 Å². The molecule has 1 aliphatic carbocycles. The van der Waals surface area contributed by atoms with Crippen LogP contribution in [0.15, 0.2) is 30.3 Å². The molecule has 0 amide bonds. The maximum absolute atomic E-state index is 10.0. The zero-order valence-corrected chi connectivity index (χ0v) is 17.2. The van der Waals surface area contributed by atoms with Crippen molar-refractivity contribution < 1.29 is 5.11 Å². The summed E-state index contributed by atoms with van der Waals surface area (Å²) in [4.78, 5) is 0. The first-order valence-corrected chi connectivity index (χ1v) is 15.5. The van der Waals surface area contributed by atoms with E-state index in [1.165, 1.54) is 38.2 Å². The number of fused-ring (bicyclic) bond motifs is 3. The van der Waals surface area contributed by atoms with Gasteiger partial charge in [0.15, 0.2) is 0 Å². The van der Waals surface area contributed by atoms with E-state index in [1.807, 2.05) is 0 Å². The Hall–Kier alpha value is -1.17. The fourth-order valence-electron chi connectivity index (χ4n) is 3.69. The van der Waals surface area contributed by atoms with E-state index < -0.39 is 16.1 Å². The van der Waals surface area contributed by atoms with Crippen LogP contribution in [0.4, 0.5) is 0 Å². The lowest BCUT2D eigenvalue weighted by atomic mass is 10.0. The number of rotatable bonds is 3. The second kappa shape index (κ2) is 5.43. The molecule has 122 valence electrons. The third-order valence-electron chi connectivity index (χ3n) is 5.03. The molecule has 2 aromatic carbocycles. The fraction of sp³-hybridized carbons (Fsp3) is 0.400. The van der Waals surface area contributed by atoms with Gasteiger partial charge in [-0.05, 0) is 34.2 Å². The van der Waals surface area contributed by atoms with Crippen molar-refractivity contribution in [3.05, 3.63) is 47.0 Å². The van der Waals surface area contributed by atoms with Gasteiger partial charge in [-0.25, -0.2) is 0 Å². The number of hydrogen-bond acceptors (Lipinski definition) is 1. The highest BCUT2D eigenvalue weighted by molar-refractivity contribution is 6.89. The van der Waals surface area contributed by atoms with E-state index in [1.54, 1.807) is 0 Å². The fourth-order valence-corrected chi connectivity index (χ4v) is 6.60. The molecule has 3 heteroatoms. The van der Waals surface area contributed by atoms with Crippen LogP contribution in [0.1, 0.15) is 16.7 Å². The number of aliphatic hydroxyl groups is 1. The highest BCUT2D eigenvalue weighted by Gasteiger charge is 2.28. The summed E-state index contributed by atoms with van der Waals surface area (Å²) < 4.78 is 0. The third-order valence-corrected chi connectivity index (χ3v) is 9.15. The van der Waals surface area contributed by atoms with Crippen LogP contribution in [0.3, 0.4) is 0 Å². The second-order valence-electron chi connectivity index (χ2n) is 8.82. The van der Waals surface area contributed by atoms with Crippen molar-refractivity contribution in [2.45, 2.75) is 52.3 Å². The topological polar surface area (TPSA) is 20.2 Å². The van der Waals surface area contributed by atoms with Gasteiger partial charge in [-0.15, -0.1) is 0 Å². The van der Waals surface area contributed by atoms with Gasteiger partial charge >= 0.3 is 0 Å². The normalized spacial score (nSPS) is 13.9. The van der Waals surface area contributed by atoms with E-state index in [0.717, 1.165) is 6.42 Å². The molecule has 0 heterocycles. The molecule has 0 spiro atoms. The molecule has 3 rings (SSSR count). The summed E-state index contributed by atoms with van der Waals surface area (Å²) in [6, 6.07) is 11.6. The molecular formula is C20H28OSi2. The molecule has 0 radical (unpaired) electrons. The maximum Gasteiger partial charge on any atom is 0.0780 e.